The summed E-state index contributed by atoms with van der Waals surface area (Å²) in [5, 5.41) is 12.7. The molecule has 2 aromatic carbocycles. The zero-order chi connectivity index (χ0) is 20.4. The second-order valence-corrected chi connectivity index (χ2v) is 8.59. The predicted octanol–water partition coefficient (Wildman–Crippen LogP) is 4.25. The number of amides is 1. The topological polar surface area (TPSA) is 85.8 Å². The molecule has 4 rings (SSSR count). The Kier molecular flexibility index (Phi) is 5.99. The first-order valence-corrected chi connectivity index (χ1v) is 10.9. The number of carbonyl (C=O) groups is 1. The van der Waals surface area contributed by atoms with Gasteiger partial charge in [0.2, 0.25) is 11.1 Å². The van der Waals surface area contributed by atoms with Gasteiger partial charge in [-0.2, -0.15) is 0 Å². The second-order valence-electron chi connectivity index (χ2n) is 6.80. The fourth-order valence-electron chi connectivity index (χ4n) is 3.50. The normalized spacial score (nSPS) is 15.7. The number of rotatable bonds is 5. The van der Waals surface area contributed by atoms with Crippen LogP contribution in [0.15, 0.2) is 47.6 Å². The minimum atomic E-state index is -0.0641. The van der Waals surface area contributed by atoms with Crippen molar-refractivity contribution in [3.05, 3.63) is 63.6 Å². The molecule has 29 heavy (non-hydrogen) atoms. The molecule has 0 unspecified atom stereocenters. The lowest BCUT2D eigenvalue weighted by molar-refractivity contribution is -0.119. The van der Waals surface area contributed by atoms with Crippen molar-refractivity contribution >= 4 is 40.9 Å². The first-order chi connectivity index (χ1) is 14.0. The van der Waals surface area contributed by atoms with Gasteiger partial charge < -0.3 is 11.2 Å². The maximum absolute atomic E-state index is 12.5. The Morgan fingerprint density at radius 2 is 2.07 bits per heavy atom. The zero-order valence-corrected chi connectivity index (χ0v) is 17.8. The lowest BCUT2D eigenvalue weighted by Gasteiger charge is -2.26. The molecule has 6 nitrogen and oxygen atoms in total. The molecular formula is C20H19Cl2N5OS. The number of hydrogen-bond donors (Lipinski definition) is 2. The molecule has 1 aromatic heterocycles. The van der Waals surface area contributed by atoms with Crippen LogP contribution < -0.4 is 11.2 Å². The number of fused-ring (bicyclic) bond motifs is 1. The van der Waals surface area contributed by atoms with E-state index < -0.39 is 0 Å². The monoisotopic (exact) mass is 447 g/mol. The fourth-order valence-corrected chi connectivity index (χ4v) is 4.66. The molecule has 0 fully saturated rings. The van der Waals surface area contributed by atoms with E-state index in [9.17, 15) is 4.79 Å². The van der Waals surface area contributed by atoms with Gasteiger partial charge in [-0.1, -0.05) is 59.2 Å². The van der Waals surface area contributed by atoms with E-state index in [1.165, 1.54) is 27.6 Å². The quantitative estimate of drug-likeness (QED) is 0.450. The number of benzene rings is 2. The average molecular weight is 448 g/mol. The van der Waals surface area contributed by atoms with Gasteiger partial charge in [-0.3, -0.25) is 4.79 Å². The summed E-state index contributed by atoms with van der Waals surface area (Å²) in [7, 11) is 0. The van der Waals surface area contributed by atoms with Crippen LogP contribution >= 0.6 is 35.0 Å². The highest BCUT2D eigenvalue weighted by atomic mass is 35.5. The first-order valence-electron chi connectivity index (χ1n) is 9.19. The molecule has 1 aliphatic carbocycles. The molecular weight excluding hydrogens is 429 g/mol. The smallest absolute Gasteiger partial charge is 0.230 e. The van der Waals surface area contributed by atoms with Gasteiger partial charge in [-0.15, -0.1) is 10.2 Å². The van der Waals surface area contributed by atoms with E-state index >= 15 is 0 Å². The van der Waals surface area contributed by atoms with Crippen molar-refractivity contribution in [1.82, 2.24) is 20.2 Å². The number of halogens is 2. The van der Waals surface area contributed by atoms with Gasteiger partial charge in [0.15, 0.2) is 5.82 Å². The van der Waals surface area contributed by atoms with Crippen LogP contribution in [0.4, 0.5) is 0 Å². The summed E-state index contributed by atoms with van der Waals surface area (Å²) in [5.41, 5.74) is 3.14. The molecule has 1 heterocycles. The fraction of sp³-hybridized carbons (Fsp3) is 0.250. The van der Waals surface area contributed by atoms with Crippen molar-refractivity contribution in [2.45, 2.75) is 30.5 Å². The van der Waals surface area contributed by atoms with Crippen molar-refractivity contribution in [2.75, 3.05) is 11.6 Å². The second kappa shape index (κ2) is 8.65. The van der Waals surface area contributed by atoms with Gasteiger partial charge in [0.05, 0.1) is 16.8 Å². The van der Waals surface area contributed by atoms with Crippen molar-refractivity contribution in [3.8, 4) is 11.4 Å². The molecule has 9 heteroatoms. The van der Waals surface area contributed by atoms with Crippen LogP contribution in [0.3, 0.4) is 0 Å². The van der Waals surface area contributed by atoms with Crippen LogP contribution in [0, 0.1) is 0 Å². The molecule has 0 saturated carbocycles. The number of aryl methyl sites for hydroxylation is 1. The molecule has 0 saturated heterocycles. The number of thioether (sulfide) groups is 1. The summed E-state index contributed by atoms with van der Waals surface area (Å²) in [6, 6.07) is 13.4. The van der Waals surface area contributed by atoms with E-state index in [1.54, 1.807) is 18.2 Å². The minimum absolute atomic E-state index is 0.0484. The van der Waals surface area contributed by atoms with Crippen LogP contribution in [-0.4, -0.2) is 26.5 Å². The van der Waals surface area contributed by atoms with Gasteiger partial charge >= 0.3 is 0 Å². The maximum atomic E-state index is 12.5. The molecule has 3 N–H and O–H groups in total. The van der Waals surface area contributed by atoms with E-state index in [2.05, 4.69) is 27.6 Å². The average Bonchev–Trinajstić information content (AvgIpc) is 3.07. The Morgan fingerprint density at radius 1 is 1.24 bits per heavy atom. The highest BCUT2D eigenvalue weighted by molar-refractivity contribution is 7.99. The molecule has 0 aliphatic heterocycles. The van der Waals surface area contributed by atoms with Crippen LogP contribution in [0.5, 0.6) is 0 Å². The van der Waals surface area contributed by atoms with Crippen LogP contribution in [0.2, 0.25) is 10.0 Å². The predicted molar refractivity (Wildman–Crippen MR) is 117 cm³/mol. The lowest BCUT2D eigenvalue weighted by atomic mass is 9.88. The van der Waals surface area contributed by atoms with Crippen molar-refractivity contribution in [3.63, 3.8) is 0 Å². The Balaban J connectivity index is 1.41. The molecule has 1 amide bonds. The lowest BCUT2D eigenvalue weighted by Crippen LogP contribution is -2.32. The highest BCUT2D eigenvalue weighted by Gasteiger charge is 2.22. The molecule has 0 spiro atoms. The Bertz CT molecular complexity index is 1060. The summed E-state index contributed by atoms with van der Waals surface area (Å²) >= 11 is 13.4. The standard InChI is InChI=1S/C20H19Cl2N5OS/c21-13-8-9-15(16(22)10-13)19-25-26-20(27(19)23)29-11-18(28)24-17-7-3-5-12-4-1-2-6-14(12)17/h1-2,4,6,8-10,17H,3,5,7,11,23H2,(H,24,28)/t17-/m0/s1. The summed E-state index contributed by atoms with van der Waals surface area (Å²) in [6.07, 6.45) is 3.07. The van der Waals surface area contributed by atoms with Crippen molar-refractivity contribution in [1.29, 1.82) is 0 Å². The first kappa shape index (κ1) is 20.1. The van der Waals surface area contributed by atoms with E-state index in [0.29, 0.717) is 26.6 Å². The highest BCUT2D eigenvalue weighted by Crippen LogP contribution is 2.31. The number of carbonyl (C=O) groups excluding carboxylic acids is 1. The third-order valence-corrected chi connectivity index (χ3v) is 6.36. The van der Waals surface area contributed by atoms with E-state index in [-0.39, 0.29) is 17.7 Å². The SMILES string of the molecule is Nn1c(SCC(=O)N[C@H]2CCCc3ccccc32)nnc1-c1ccc(Cl)cc1Cl. The molecule has 0 radical (unpaired) electrons. The summed E-state index contributed by atoms with van der Waals surface area (Å²) < 4.78 is 1.34. The van der Waals surface area contributed by atoms with Crippen molar-refractivity contribution < 1.29 is 4.79 Å². The molecule has 1 atom stereocenters. The third-order valence-electron chi connectivity index (χ3n) is 4.87. The zero-order valence-electron chi connectivity index (χ0n) is 15.4. The van der Waals surface area contributed by atoms with Gasteiger partial charge in [0.1, 0.15) is 0 Å². The Labute approximate surface area is 182 Å². The Morgan fingerprint density at radius 3 is 2.90 bits per heavy atom. The largest absolute Gasteiger partial charge is 0.349 e. The van der Waals surface area contributed by atoms with Crippen LogP contribution in [0.25, 0.3) is 11.4 Å². The van der Waals surface area contributed by atoms with Crippen molar-refractivity contribution in [2.24, 2.45) is 0 Å². The number of hydrogen-bond acceptors (Lipinski definition) is 5. The number of nitrogens with zero attached hydrogens (tertiary/aromatic N) is 3. The van der Waals surface area contributed by atoms with Gasteiger partial charge in [0.25, 0.3) is 0 Å². The summed E-state index contributed by atoms with van der Waals surface area (Å²) in [5.74, 6) is 6.67. The van der Waals surface area contributed by atoms with E-state index in [0.717, 1.165) is 19.3 Å². The molecule has 3 aromatic rings. The van der Waals surface area contributed by atoms with Crippen LogP contribution in [-0.2, 0) is 11.2 Å². The van der Waals surface area contributed by atoms with Crippen LogP contribution in [0.1, 0.15) is 30.0 Å². The van der Waals surface area contributed by atoms with Gasteiger partial charge in [0, 0.05) is 10.6 Å². The molecule has 150 valence electrons. The number of nitrogens with one attached hydrogen (secondary N) is 1. The summed E-state index contributed by atoms with van der Waals surface area (Å²) in [4.78, 5) is 12.5. The summed E-state index contributed by atoms with van der Waals surface area (Å²) in [6.45, 7) is 0. The van der Waals surface area contributed by atoms with Gasteiger partial charge in [-0.25, -0.2) is 4.68 Å². The third kappa shape index (κ3) is 4.37. The molecule has 0 bridgehead atoms. The number of nitrogens with two attached hydrogens (primary N) is 1. The minimum Gasteiger partial charge on any atom is -0.349 e. The maximum Gasteiger partial charge on any atom is 0.230 e. The number of aromatic nitrogens is 3. The Hall–Kier alpha value is -2.22. The van der Waals surface area contributed by atoms with E-state index in [1.807, 2.05) is 12.1 Å². The van der Waals surface area contributed by atoms with E-state index in [4.69, 9.17) is 29.0 Å². The molecule has 1 aliphatic rings. The van der Waals surface area contributed by atoms with Gasteiger partial charge in [-0.05, 0) is 48.6 Å². The number of nitrogen functional groups attached to an aromatic ring is 1.